The van der Waals surface area contributed by atoms with Gasteiger partial charge in [0.25, 0.3) is 0 Å². The van der Waals surface area contributed by atoms with Gasteiger partial charge in [0.2, 0.25) is 0 Å². The molecule has 4 aromatic carbocycles. The summed E-state index contributed by atoms with van der Waals surface area (Å²) in [4.78, 5) is 14.6. The Morgan fingerprint density at radius 3 is 1.81 bits per heavy atom. The lowest BCUT2D eigenvalue weighted by molar-refractivity contribution is -0.143. The number of carboxylic acids is 1. The van der Waals surface area contributed by atoms with Crippen LogP contribution in [0.25, 0.3) is 0 Å². The molecule has 0 saturated carbocycles. The first kappa shape index (κ1) is 26.5. The molecule has 0 aliphatic carbocycles. The van der Waals surface area contributed by atoms with Gasteiger partial charge in [-0.05, 0) is 56.7 Å². The summed E-state index contributed by atoms with van der Waals surface area (Å²) in [6.07, 6.45) is 0.305. The third-order valence-corrected chi connectivity index (χ3v) is 6.71. The van der Waals surface area contributed by atoms with Crippen LogP contribution in [0, 0.1) is 0 Å². The van der Waals surface area contributed by atoms with Crippen LogP contribution in [0.3, 0.4) is 0 Å². The zero-order valence-electron chi connectivity index (χ0n) is 20.7. The molecule has 4 aromatic rings. The van der Waals surface area contributed by atoms with E-state index in [0.717, 1.165) is 26.7 Å². The third-order valence-electron chi connectivity index (χ3n) is 6.12. The maximum absolute atomic E-state index is 12.6. The molecule has 1 atom stereocenters. The van der Waals surface area contributed by atoms with Crippen molar-refractivity contribution in [2.24, 2.45) is 0 Å². The van der Waals surface area contributed by atoms with E-state index in [1.165, 1.54) is 0 Å². The summed E-state index contributed by atoms with van der Waals surface area (Å²) in [7, 11) is 1.59. The van der Waals surface area contributed by atoms with Crippen molar-refractivity contribution >= 4 is 21.9 Å². The Kier molecular flexibility index (Phi) is 9.35. The summed E-state index contributed by atoms with van der Waals surface area (Å²) in [6, 6.07) is 32.9. The van der Waals surface area contributed by atoms with Gasteiger partial charge in [-0.15, -0.1) is 0 Å². The van der Waals surface area contributed by atoms with Crippen LogP contribution in [0.5, 0.6) is 11.5 Å². The van der Waals surface area contributed by atoms with E-state index in [0.29, 0.717) is 37.6 Å². The van der Waals surface area contributed by atoms with E-state index in [1.807, 2.05) is 108 Å². The highest BCUT2D eigenvalue weighted by atomic mass is 79.9. The molecule has 0 heterocycles. The monoisotopic (exact) mass is 559 g/mol. The summed E-state index contributed by atoms with van der Waals surface area (Å²) in [5, 5.41) is 10.3. The molecule has 0 fully saturated rings. The molecular weight excluding hydrogens is 530 g/mol. The zero-order valence-corrected chi connectivity index (χ0v) is 22.3. The van der Waals surface area contributed by atoms with Crippen LogP contribution < -0.4 is 9.47 Å². The van der Waals surface area contributed by atoms with Crippen LogP contribution in [0.4, 0.5) is 0 Å². The minimum Gasteiger partial charge on any atom is -0.492 e. The highest BCUT2D eigenvalue weighted by Crippen LogP contribution is 2.37. The second kappa shape index (κ2) is 13.1. The van der Waals surface area contributed by atoms with E-state index in [1.54, 1.807) is 7.11 Å². The molecule has 0 spiro atoms. The van der Waals surface area contributed by atoms with Crippen molar-refractivity contribution in [3.8, 4) is 11.5 Å². The molecule has 0 unspecified atom stereocenters. The number of methoxy groups -OCH3 is 1. The SMILES string of the molecule is COc1c(Br)cc(C[C@@H](C(=O)O)N(Cc2ccccc2)Cc2ccccc2)cc1OCc1ccccc1. The second-order valence-electron chi connectivity index (χ2n) is 8.82. The Bertz CT molecular complexity index is 1240. The molecular formula is C31H30BrNO4. The van der Waals surface area contributed by atoms with Crippen LogP contribution in [0.1, 0.15) is 22.3 Å². The average molecular weight is 560 g/mol. The van der Waals surface area contributed by atoms with Gasteiger partial charge in [-0.3, -0.25) is 9.69 Å². The normalized spacial score (nSPS) is 11.8. The number of hydrogen-bond acceptors (Lipinski definition) is 4. The molecule has 6 heteroatoms. The maximum Gasteiger partial charge on any atom is 0.321 e. The number of rotatable bonds is 12. The topological polar surface area (TPSA) is 59.0 Å². The summed E-state index contributed by atoms with van der Waals surface area (Å²) in [5.41, 5.74) is 4.00. The van der Waals surface area contributed by atoms with Crippen LogP contribution in [-0.2, 0) is 30.9 Å². The van der Waals surface area contributed by atoms with E-state index < -0.39 is 12.0 Å². The van der Waals surface area contributed by atoms with Crippen molar-refractivity contribution in [1.29, 1.82) is 0 Å². The lowest BCUT2D eigenvalue weighted by Crippen LogP contribution is -2.42. The number of hydrogen-bond donors (Lipinski definition) is 1. The van der Waals surface area contributed by atoms with E-state index in [4.69, 9.17) is 9.47 Å². The van der Waals surface area contributed by atoms with Crippen molar-refractivity contribution in [3.63, 3.8) is 0 Å². The number of ether oxygens (including phenoxy) is 2. The molecule has 0 aliphatic heterocycles. The number of aliphatic carboxylic acids is 1. The standard InChI is InChI=1S/C31H30BrNO4/c1-36-30-27(32)17-26(19-29(30)37-22-25-15-9-4-10-16-25)18-28(31(34)35)33(20-23-11-5-2-6-12-23)21-24-13-7-3-8-14-24/h2-17,19,28H,18,20-22H2,1H3,(H,34,35)/t28-/m0/s1. The summed E-state index contributed by atoms with van der Waals surface area (Å²) < 4.78 is 12.4. The Hall–Kier alpha value is -3.61. The van der Waals surface area contributed by atoms with Crippen LogP contribution in [-0.4, -0.2) is 29.1 Å². The number of carbonyl (C=O) groups is 1. The van der Waals surface area contributed by atoms with Crippen LogP contribution in [0.2, 0.25) is 0 Å². The van der Waals surface area contributed by atoms with E-state index in [-0.39, 0.29) is 0 Å². The molecule has 0 aromatic heterocycles. The fraction of sp³-hybridized carbons (Fsp3) is 0.194. The Morgan fingerprint density at radius 1 is 0.811 bits per heavy atom. The molecule has 0 aliphatic rings. The molecule has 37 heavy (non-hydrogen) atoms. The van der Waals surface area contributed by atoms with Gasteiger partial charge in [0, 0.05) is 13.1 Å². The van der Waals surface area contributed by atoms with Gasteiger partial charge in [0.05, 0.1) is 11.6 Å². The van der Waals surface area contributed by atoms with Crippen LogP contribution >= 0.6 is 15.9 Å². The Balaban J connectivity index is 1.62. The Labute approximate surface area is 226 Å². The molecule has 4 rings (SSSR count). The highest BCUT2D eigenvalue weighted by molar-refractivity contribution is 9.10. The molecule has 5 nitrogen and oxygen atoms in total. The predicted octanol–water partition coefficient (Wildman–Crippen LogP) is 6.73. The van der Waals surface area contributed by atoms with Gasteiger partial charge >= 0.3 is 5.97 Å². The van der Waals surface area contributed by atoms with Crippen molar-refractivity contribution in [1.82, 2.24) is 4.90 Å². The van der Waals surface area contributed by atoms with Gasteiger partial charge in [-0.1, -0.05) is 91.0 Å². The van der Waals surface area contributed by atoms with Gasteiger partial charge in [-0.25, -0.2) is 0 Å². The van der Waals surface area contributed by atoms with Crippen LogP contribution in [0.15, 0.2) is 108 Å². The zero-order chi connectivity index (χ0) is 26.0. The smallest absolute Gasteiger partial charge is 0.321 e. The Morgan fingerprint density at radius 2 is 1.32 bits per heavy atom. The number of benzene rings is 4. The summed E-state index contributed by atoms with van der Waals surface area (Å²) >= 11 is 3.59. The molecule has 0 bridgehead atoms. The van der Waals surface area contributed by atoms with Gasteiger partial charge in [0.15, 0.2) is 11.5 Å². The first-order chi connectivity index (χ1) is 18.0. The summed E-state index contributed by atoms with van der Waals surface area (Å²) in [5.74, 6) is 0.278. The lowest BCUT2D eigenvalue weighted by Gasteiger charge is -2.29. The molecule has 0 saturated heterocycles. The molecule has 0 amide bonds. The fourth-order valence-electron chi connectivity index (χ4n) is 4.29. The fourth-order valence-corrected chi connectivity index (χ4v) is 4.94. The van der Waals surface area contributed by atoms with E-state index in [2.05, 4.69) is 15.9 Å². The lowest BCUT2D eigenvalue weighted by atomic mass is 10.0. The minimum absolute atomic E-state index is 0.305. The molecule has 0 radical (unpaired) electrons. The third kappa shape index (κ3) is 7.44. The highest BCUT2D eigenvalue weighted by Gasteiger charge is 2.27. The van der Waals surface area contributed by atoms with Crippen molar-refractivity contribution in [2.45, 2.75) is 32.2 Å². The van der Waals surface area contributed by atoms with Crippen molar-refractivity contribution < 1.29 is 19.4 Å². The largest absolute Gasteiger partial charge is 0.492 e. The minimum atomic E-state index is -0.870. The number of halogens is 1. The predicted molar refractivity (Wildman–Crippen MR) is 149 cm³/mol. The first-order valence-corrected chi connectivity index (χ1v) is 12.9. The second-order valence-corrected chi connectivity index (χ2v) is 9.67. The first-order valence-electron chi connectivity index (χ1n) is 12.1. The van der Waals surface area contributed by atoms with E-state index >= 15 is 0 Å². The van der Waals surface area contributed by atoms with Crippen molar-refractivity contribution in [3.05, 3.63) is 130 Å². The van der Waals surface area contributed by atoms with Crippen molar-refractivity contribution in [2.75, 3.05) is 7.11 Å². The van der Waals surface area contributed by atoms with Gasteiger partial charge < -0.3 is 14.6 Å². The molecule has 190 valence electrons. The average Bonchev–Trinajstić information content (AvgIpc) is 2.91. The number of nitrogens with zero attached hydrogens (tertiary/aromatic N) is 1. The molecule has 1 N–H and O–H groups in total. The van der Waals surface area contributed by atoms with E-state index in [9.17, 15) is 9.90 Å². The summed E-state index contributed by atoms with van der Waals surface area (Å²) in [6.45, 7) is 1.41. The maximum atomic E-state index is 12.6. The number of carboxylic acid groups (broad SMARTS) is 1. The quantitative estimate of drug-likeness (QED) is 0.208. The van der Waals surface area contributed by atoms with Gasteiger partial charge in [0.1, 0.15) is 12.6 Å². The van der Waals surface area contributed by atoms with Gasteiger partial charge in [-0.2, -0.15) is 0 Å².